The van der Waals surface area contributed by atoms with Crippen molar-refractivity contribution >= 4 is 15.9 Å². The molecule has 1 heterocycles. The van der Waals surface area contributed by atoms with Gasteiger partial charge in [0.1, 0.15) is 6.04 Å². The lowest BCUT2D eigenvalue weighted by molar-refractivity contribution is -0.124. The van der Waals surface area contributed by atoms with Crippen molar-refractivity contribution in [2.24, 2.45) is 0 Å². The summed E-state index contributed by atoms with van der Waals surface area (Å²) in [5.74, 6) is -0.351. The van der Waals surface area contributed by atoms with Crippen LogP contribution in [0.5, 0.6) is 0 Å². The lowest BCUT2D eigenvalue weighted by Gasteiger charge is -2.23. The molecule has 1 unspecified atom stereocenters. The number of aliphatic hydroxyl groups excluding tert-OH is 1. The number of hydrogen-bond acceptors (Lipinski definition) is 4. The Morgan fingerprint density at radius 1 is 1.35 bits per heavy atom. The molecule has 20 heavy (non-hydrogen) atoms. The van der Waals surface area contributed by atoms with Gasteiger partial charge in [0.25, 0.3) is 0 Å². The molecule has 0 spiro atoms. The maximum atomic E-state index is 12.5. The number of nitrogens with zero attached hydrogens (tertiary/aromatic N) is 1. The highest BCUT2D eigenvalue weighted by Crippen LogP contribution is 2.25. The number of benzene rings is 1. The van der Waals surface area contributed by atoms with Crippen LogP contribution in [0, 0.1) is 0 Å². The molecule has 6 nitrogen and oxygen atoms in total. The number of hydrogen-bond donors (Lipinski definition) is 2. The molecule has 1 atom stereocenters. The minimum absolute atomic E-state index is 0.133. The molecule has 0 saturated carbocycles. The molecule has 1 aliphatic rings. The van der Waals surface area contributed by atoms with E-state index in [0.717, 1.165) is 0 Å². The largest absolute Gasteiger partial charge is 0.395 e. The zero-order chi connectivity index (χ0) is 14.6. The maximum absolute atomic E-state index is 12.5. The predicted molar refractivity (Wildman–Crippen MR) is 73.5 cm³/mol. The molecule has 1 aliphatic heterocycles. The van der Waals surface area contributed by atoms with Gasteiger partial charge in [-0.1, -0.05) is 18.2 Å². The summed E-state index contributed by atoms with van der Waals surface area (Å²) in [6, 6.07) is 7.42. The van der Waals surface area contributed by atoms with Gasteiger partial charge < -0.3 is 10.4 Å². The van der Waals surface area contributed by atoms with Gasteiger partial charge >= 0.3 is 0 Å². The van der Waals surface area contributed by atoms with Crippen molar-refractivity contribution in [1.82, 2.24) is 9.62 Å². The molecule has 1 saturated heterocycles. The van der Waals surface area contributed by atoms with Crippen molar-refractivity contribution in [1.29, 1.82) is 0 Å². The fourth-order valence-electron chi connectivity index (χ4n) is 2.31. The van der Waals surface area contributed by atoms with Gasteiger partial charge in [-0.05, 0) is 25.0 Å². The summed E-state index contributed by atoms with van der Waals surface area (Å²) in [5.41, 5.74) is 0. The Morgan fingerprint density at radius 2 is 2.05 bits per heavy atom. The molecule has 0 bridgehead atoms. The average Bonchev–Trinajstić information content (AvgIpc) is 2.96. The summed E-state index contributed by atoms with van der Waals surface area (Å²) < 4.78 is 26.3. The normalized spacial score (nSPS) is 19.9. The Balaban J connectivity index is 2.20. The first-order valence-corrected chi connectivity index (χ1v) is 7.97. The van der Waals surface area contributed by atoms with Crippen LogP contribution in [-0.2, 0) is 14.8 Å². The molecule has 1 aromatic carbocycles. The molecule has 0 radical (unpaired) electrons. The molecule has 0 aromatic heterocycles. The van der Waals surface area contributed by atoms with Crippen LogP contribution in [-0.4, -0.2) is 49.5 Å². The number of amides is 1. The van der Waals surface area contributed by atoms with Crippen LogP contribution in [0.4, 0.5) is 0 Å². The number of sulfonamides is 1. The molecular formula is C13H18N2O4S. The Morgan fingerprint density at radius 3 is 2.70 bits per heavy atom. The first kappa shape index (κ1) is 15.0. The van der Waals surface area contributed by atoms with Gasteiger partial charge in [0, 0.05) is 13.1 Å². The van der Waals surface area contributed by atoms with E-state index in [0.29, 0.717) is 19.4 Å². The third-order valence-corrected chi connectivity index (χ3v) is 5.19. The summed E-state index contributed by atoms with van der Waals surface area (Å²) in [5, 5.41) is 11.2. The van der Waals surface area contributed by atoms with E-state index in [1.54, 1.807) is 18.2 Å². The van der Waals surface area contributed by atoms with Crippen LogP contribution in [0.3, 0.4) is 0 Å². The van der Waals surface area contributed by atoms with Crippen LogP contribution in [0.1, 0.15) is 12.8 Å². The predicted octanol–water partition coefficient (Wildman–Crippen LogP) is -0.0518. The van der Waals surface area contributed by atoms with Gasteiger partial charge in [-0.25, -0.2) is 8.42 Å². The van der Waals surface area contributed by atoms with Crippen LogP contribution < -0.4 is 5.32 Å². The molecule has 0 aliphatic carbocycles. The van der Waals surface area contributed by atoms with Crippen molar-refractivity contribution in [2.75, 3.05) is 19.7 Å². The molecule has 110 valence electrons. The minimum Gasteiger partial charge on any atom is -0.395 e. The second-order valence-electron chi connectivity index (χ2n) is 4.60. The lowest BCUT2D eigenvalue weighted by Crippen LogP contribution is -2.46. The molecule has 2 N–H and O–H groups in total. The van der Waals surface area contributed by atoms with Crippen LogP contribution >= 0.6 is 0 Å². The second-order valence-corrected chi connectivity index (χ2v) is 6.49. The number of nitrogens with one attached hydrogen (secondary N) is 1. The van der Waals surface area contributed by atoms with E-state index in [2.05, 4.69) is 5.32 Å². The van der Waals surface area contributed by atoms with Crippen molar-refractivity contribution in [3.8, 4) is 0 Å². The SMILES string of the molecule is O=C(NCCO)C1CCCN1S(=O)(=O)c1ccccc1. The van der Waals surface area contributed by atoms with E-state index in [1.807, 2.05) is 0 Å². The van der Waals surface area contributed by atoms with E-state index >= 15 is 0 Å². The van der Waals surface area contributed by atoms with Crippen molar-refractivity contribution in [3.05, 3.63) is 30.3 Å². The number of aliphatic hydroxyl groups is 1. The van der Waals surface area contributed by atoms with Crippen molar-refractivity contribution < 1.29 is 18.3 Å². The Labute approximate surface area is 118 Å². The maximum Gasteiger partial charge on any atom is 0.243 e. The monoisotopic (exact) mass is 298 g/mol. The number of carbonyl (C=O) groups is 1. The number of rotatable bonds is 5. The van der Waals surface area contributed by atoms with Crippen LogP contribution in [0.15, 0.2) is 35.2 Å². The topological polar surface area (TPSA) is 86.7 Å². The molecule has 2 rings (SSSR count). The van der Waals surface area contributed by atoms with Crippen LogP contribution in [0.25, 0.3) is 0 Å². The van der Waals surface area contributed by atoms with E-state index in [-0.39, 0.29) is 24.0 Å². The minimum atomic E-state index is -3.65. The standard InChI is InChI=1S/C13H18N2O4S/c16-10-8-14-13(17)12-7-4-9-15(12)20(18,19)11-5-2-1-3-6-11/h1-3,5-6,12,16H,4,7-10H2,(H,14,17). The van der Waals surface area contributed by atoms with Gasteiger partial charge in [0.2, 0.25) is 15.9 Å². The van der Waals surface area contributed by atoms with E-state index in [1.165, 1.54) is 16.4 Å². The molecular weight excluding hydrogens is 280 g/mol. The first-order valence-electron chi connectivity index (χ1n) is 6.53. The summed E-state index contributed by atoms with van der Waals surface area (Å²) in [6.07, 6.45) is 1.16. The smallest absolute Gasteiger partial charge is 0.243 e. The first-order chi connectivity index (χ1) is 9.57. The van der Waals surface area contributed by atoms with Gasteiger partial charge in [-0.15, -0.1) is 0 Å². The van der Waals surface area contributed by atoms with Crippen LogP contribution in [0.2, 0.25) is 0 Å². The Bertz CT molecular complexity index is 559. The third kappa shape index (κ3) is 3.00. The van der Waals surface area contributed by atoms with Gasteiger partial charge in [0.15, 0.2) is 0 Å². The zero-order valence-electron chi connectivity index (χ0n) is 11.0. The average molecular weight is 298 g/mol. The van der Waals surface area contributed by atoms with Gasteiger partial charge in [0.05, 0.1) is 11.5 Å². The molecule has 1 fully saturated rings. The quantitative estimate of drug-likeness (QED) is 0.798. The summed E-state index contributed by atoms with van der Waals surface area (Å²) >= 11 is 0. The summed E-state index contributed by atoms with van der Waals surface area (Å²) in [4.78, 5) is 12.2. The molecule has 7 heteroatoms. The van der Waals surface area contributed by atoms with Gasteiger partial charge in [-0.2, -0.15) is 4.31 Å². The fraction of sp³-hybridized carbons (Fsp3) is 0.462. The third-order valence-electron chi connectivity index (χ3n) is 3.27. The Hall–Kier alpha value is -1.44. The zero-order valence-corrected chi connectivity index (χ0v) is 11.8. The van der Waals surface area contributed by atoms with E-state index in [9.17, 15) is 13.2 Å². The summed E-state index contributed by atoms with van der Waals surface area (Å²) in [6.45, 7) is 0.312. The fourth-order valence-corrected chi connectivity index (χ4v) is 3.99. The highest BCUT2D eigenvalue weighted by atomic mass is 32.2. The lowest BCUT2D eigenvalue weighted by atomic mass is 10.2. The van der Waals surface area contributed by atoms with Gasteiger partial charge in [-0.3, -0.25) is 4.79 Å². The summed E-state index contributed by atoms with van der Waals surface area (Å²) in [7, 11) is -3.65. The van der Waals surface area contributed by atoms with Crippen molar-refractivity contribution in [3.63, 3.8) is 0 Å². The molecule has 1 aromatic rings. The molecule has 1 amide bonds. The van der Waals surface area contributed by atoms with E-state index in [4.69, 9.17) is 5.11 Å². The second kappa shape index (κ2) is 6.34. The van der Waals surface area contributed by atoms with E-state index < -0.39 is 16.1 Å². The highest BCUT2D eigenvalue weighted by Gasteiger charge is 2.39. The highest BCUT2D eigenvalue weighted by molar-refractivity contribution is 7.89. The Kier molecular flexibility index (Phi) is 4.74. The number of carbonyl (C=O) groups excluding carboxylic acids is 1. The van der Waals surface area contributed by atoms with Crippen molar-refractivity contribution in [2.45, 2.75) is 23.8 Å².